The molecule has 0 aliphatic carbocycles. The molecule has 0 radical (unpaired) electrons. The number of aryl methyl sites for hydroxylation is 3. The number of fused-ring (bicyclic) bond motifs is 1. The third kappa shape index (κ3) is 3.68. The van der Waals surface area contributed by atoms with Crippen LogP contribution in [0.4, 0.5) is 11.6 Å². The molecule has 0 spiro atoms. The minimum absolute atomic E-state index is 0.134. The summed E-state index contributed by atoms with van der Waals surface area (Å²) in [6.45, 7) is 8.85. The van der Waals surface area contributed by atoms with Gasteiger partial charge in [0, 0.05) is 23.3 Å². The van der Waals surface area contributed by atoms with E-state index in [0.717, 1.165) is 35.3 Å². The van der Waals surface area contributed by atoms with Gasteiger partial charge in [0.05, 0.1) is 5.52 Å². The third-order valence-corrected chi connectivity index (χ3v) is 4.06. The highest BCUT2D eigenvalue weighted by atomic mass is 16.3. The number of benzene rings is 1. The number of nitrogens with zero attached hydrogens (tertiary/aromatic N) is 5. The molecule has 2 heterocycles. The van der Waals surface area contributed by atoms with Gasteiger partial charge in [-0.15, -0.1) is 10.2 Å². The van der Waals surface area contributed by atoms with Gasteiger partial charge in [-0.3, -0.25) is 0 Å². The van der Waals surface area contributed by atoms with Gasteiger partial charge in [-0.25, -0.2) is 9.97 Å². The molecule has 0 saturated carbocycles. The maximum atomic E-state index is 10.7. The highest BCUT2D eigenvalue weighted by Crippen LogP contribution is 2.39. The molecule has 0 unspecified atom stereocenters. The highest BCUT2D eigenvalue weighted by molar-refractivity contribution is 5.94. The van der Waals surface area contributed by atoms with E-state index in [-0.39, 0.29) is 5.88 Å². The molecule has 6 nitrogen and oxygen atoms in total. The third-order valence-electron chi connectivity index (χ3n) is 4.06. The van der Waals surface area contributed by atoms with Crippen molar-refractivity contribution < 1.29 is 5.11 Å². The summed E-state index contributed by atoms with van der Waals surface area (Å²) in [7, 11) is 0. The lowest BCUT2D eigenvalue weighted by Crippen LogP contribution is -2.00. The van der Waals surface area contributed by atoms with E-state index in [4.69, 9.17) is 0 Å². The predicted octanol–water partition coefficient (Wildman–Crippen LogP) is 5.22. The Kier molecular flexibility index (Phi) is 4.79. The van der Waals surface area contributed by atoms with E-state index >= 15 is 0 Å². The summed E-state index contributed by atoms with van der Waals surface area (Å²) < 4.78 is 1.89. The van der Waals surface area contributed by atoms with Gasteiger partial charge in [0.2, 0.25) is 5.88 Å². The molecule has 0 bridgehead atoms. The van der Waals surface area contributed by atoms with E-state index in [1.54, 1.807) is 0 Å². The van der Waals surface area contributed by atoms with Crippen LogP contribution >= 0.6 is 0 Å². The molecule has 0 saturated heterocycles. The molecular formula is C19H23N5O. The summed E-state index contributed by atoms with van der Waals surface area (Å²) in [4.78, 5) is 8.53. The van der Waals surface area contributed by atoms with E-state index in [1.165, 1.54) is 0 Å². The van der Waals surface area contributed by atoms with Crippen molar-refractivity contribution in [3.63, 3.8) is 0 Å². The first-order valence-corrected chi connectivity index (χ1v) is 8.50. The number of azo groups is 1. The van der Waals surface area contributed by atoms with Crippen molar-refractivity contribution >= 4 is 22.5 Å². The lowest BCUT2D eigenvalue weighted by molar-refractivity contribution is 0.407. The Hall–Kier alpha value is -2.76. The maximum absolute atomic E-state index is 10.7. The molecule has 0 amide bonds. The van der Waals surface area contributed by atoms with Gasteiger partial charge in [0.25, 0.3) is 5.95 Å². The molecule has 25 heavy (non-hydrogen) atoms. The number of rotatable bonds is 5. The van der Waals surface area contributed by atoms with Gasteiger partial charge in [-0.1, -0.05) is 32.0 Å². The van der Waals surface area contributed by atoms with Crippen molar-refractivity contribution in [2.75, 3.05) is 0 Å². The van der Waals surface area contributed by atoms with Crippen LogP contribution in [-0.2, 0) is 6.54 Å². The van der Waals surface area contributed by atoms with Crippen LogP contribution in [-0.4, -0.2) is 19.6 Å². The van der Waals surface area contributed by atoms with Gasteiger partial charge in [-0.05, 0) is 38.3 Å². The summed E-state index contributed by atoms with van der Waals surface area (Å²) in [5.41, 5.74) is 3.09. The van der Waals surface area contributed by atoms with Crippen molar-refractivity contribution in [3.8, 4) is 5.88 Å². The van der Waals surface area contributed by atoms with E-state index < -0.39 is 0 Å². The first kappa shape index (κ1) is 17.1. The van der Waals surface area contributed by atoms with Crippen LogP contribution in [0.5, 0.6) is 5.88 Å². The number of aromatic hydroxyl groups is 1. The number of para-hydroxylation sites is 1. The highest BCUT2D eigenvalue weighted by Gasteiger charge is 2.16. The molecule has 0 fully saturated rings. The average molecular weight is 337 g/mol. The zero-order chi connectivity index (χ0) is 18.0. The molecule has 3 rings (SSSR count). The van der Waals surface area contributed by atoms with Crippen molar-refractivity contribution in [2.24, 2.45) is 16.1 Å². The zero-order valence-corrected chi connectivity index (χ0v) is 15.1. The molecule has 6 heteroatoms. The quantitative estimate of drug-likeness (QED) is 0.649. The van der Waals surface area contributed by atoms with E-state index in [9.17, 15) is 5.11 Å². The summed E-state index contributed by atoms with van der Waals surface area (Å²) in [6.07, 6.45) is 0.975. The smallest absolute Gasteiger partial charge is 0.269 e. The van der Waals surface area contributed by atoms with Crippen LogP contribution in [0.3, 0.4) is 0 Å². The summed E-state index contributed by atoms with van der Waals surface area (Å²) >= 11 is 0. The average Bonchev–Trinajstić information content (AvgIpc) is 2.81. The van der Waals surface area contributed by atoms with Crippen LogP contribution in [0.1, 0.15) is 31.7 Å². The van der Waals surface area contributed by atoms with E-state index in [2.05, 4.69) is 34.0 Å². The second-order valence-corrected chi connectivity index (χ2v) is 6.67. The number of aromatic nitrogens is 3. The van der Waals surface area contributed by atoms with Gasteiger partial charge < -0.3 is 9.67 Å². The number of hydrogen-bond donors (Lipinski definition) is 1. The standard InChI is InChI=1S/C19H23N5O/c1-12(2)9-10-24-16-8-6-5-7-15(16)17(18(24)25)22-23-19-20-13(3)11-14(4)21-19/h5-8,11-12,25H,9-10H2,1-4H3. The molecular weight excluding hydrogens is 314 g/mol. The van der Waals surface area contributed by atoms with Crippen molar-refractivity contribution in [3.05, 3.63) is 41.7 Å². The fourth-order valence-electron chi connectivity index (χ4n) is 2.83. The predicted molar refractivity (Wildman–Crippen MR) is 98.7 cm³/mol. The SMILES string of the molecule is Cc1cc(C)nc(N=Nc2c(O)n(CCC(C)C)c3ccccc23)n1. The van der Waals surface area contributed by atoms with Crippen molar-refractivity contribution in [1.82, 2.24) is 14.5 Å². The molecule has 0 atom stereocenters. The van der Waals surface area contributed by atoms with E-state index in [0.29, 0.717) is 17.6 Å². The Balaban J connectivity index is 2.03. The van der Waals surface area contributed by atoms with Crippen molar-refractivity contribution in [1.29, 1.82) is 0 Å². The zero-order valence-electron chi connectivity index (χ0n) is 15.1. The normalized spacial score (nSPS) is 11.9. The van der Waals surface area contributed by atoms with E-state index in [1.807, 2.05) is 48.7 Å². The maximum Gasteiger partial charge on any atom is 0.269 e. The molecule has 130 valence electrons. The molecule has 1 N–H and O–H groups in total. The van der Waals surface area contributed by atoms with Gasteiger partial charge in [0.15, 0.2) is 5.69 Å². The molecule has 1 aromatic carbocycles. The first-order chi connectivity index (χ1) is 12.0. The molecule has 2 aromatic heterocycles. The van der Waals surface area contributed by atoms with Crippen LogP contribution in [0.2, 0.25) is 0 Å². The summed E-state index contributed by atoms with van der Waals surface area (Å²) in [5.74, 6) is 0.986. The lowest BCUT2D eigenvalue weighted by Gasteiger charge is -2.08. The van der Waals surface area contributed by atoms with Crippen LogP contribution < -0.4 is 0 Å². The first-order valence-electron chi connectivity index (χ1n) is 8.50. The molecule has 3 aromatic rings. The van der Waals surface area contributed by atoms with Crippen LogP contribution in [0, 0.1) is 19.8 Å². The van der Waals surface area contributed by atoms with Gasteiger partial charge in [-0.2, -0.15) is 0 Å². The Labute approximate surface area is 147 Å². The Morgan fingerprint density at radius 3 is 2.44 bits per heavy atom. The Morgan fingerprint density at radius 2 is 1.76 bits per heavy atom. The minimum Gasteiger partial charge on any atom is -0.493 e. The largest absolute Gasteiger partial charge is 0.493 e. The minimum atomic E-state index is 0.134. The molecule has 0 aliphatic heterocycles. The monoisotopic (exact) mass is 337 g/mol. The van der Waals surface area contributed by atoms with Gasteiger partial charge in [0.1, 0.15) is 0 Å². The summed E-state index contributed by atoms with van der Waals surface area (Å²) in [5, 5.41) is 20.0. The second-order valence-electron chi connectivity index (χ2n) is 6.67. The van der Waals surface area contributed by atoms with Crippen LogP contribution in [0.15, 0.2) is 40.6 Å². The Morgan fingerprint density at radius 1 is 1.08 bits per heavy atom. The summed E-state index contributed by atoms with van der Waals surface area (Å²) in [6, 6.07) is 9.70. The lowest BCUT2D eigenvalue weighted by atomic mass is 10.1. The van der Waals surface area contributed by atoms with Gasteiger partial charge >= 0.3 is 0 Å². The van der Waals surface area contributed by atoms with Crippen LogP contribution in [0.25, 0.3) is 10.9 Å². The fourth-order valence-corrected chi connectivity index (χ4v) is 2.83. The fraction of sp³-hybridized carbons (Fsp3) is 0.368. The Bertz CT molecular complexity index is 907. The number of hydrogen-bond acceptors (Lipinski definition) is 5. The molecule has 0 aliphatic rings. The topological polar surface area (TPSA) is 75.7 Å². The second kappa shape index (κ2) is 7.01. The van der Waals surface area contributed by atoms with Crippen molar-refractivity contribution in [2.45, 2.75) is 40.7 Å².